The van der Waals surface area contributed by atoms with Crippen LogP contribution in [0.25, 0.3) is 32.4 Å². The van der Waals surface area contributed by atoms with Gasteiger partial charge in [-0.05, 0) is 36.4 Å². The van der Waals surface area contributed by atoms with Crippen LogP contribution in [0.15, 0.2) is 76.5 Å². The average Bonchev–Trinajstić information content (AvgIpc) is 3.43. The van der Waals surface area contributed by atoms with Gasteiger partial charge in [0.2, 0.25) is 0 Å². The summed E-state index contributed by atoms with van der Waals surface area (Å²) in [5, 5.41) is 4.06. The van der Waals surface area contributed by atoms with Gasteiger partial charge >= 0.3 is 5.97 Å². The van der Waals surface area contributed by atoms with Crippen LogP contribution in [0.4, 0.5) is 0 Å². The van der Waals surface area contributed by atoms with Gasteiger partial charge in [0.25, 0.3) is 0 Å². The van der Waals surface area contributed by atoms with E-state index in [2.05, 4.69) is 29.4 Å². The Morgan fingerprint density at radius 1 is 0.938 bits per heavy atom. The van der Waals surface area contributed by atoms with Crippen LogP contribution < -0.4 is 4.74 Å². The Kier molecular flexibility index (Phi) is 5.14. The smallest absolute Gasteiger partial charge is 0.339 e. The van der Waals surface area contributed by atoms with E-state index in [1.54, 1.807) is 30.6 Å². The lowest BCUT2D eigenvalue weighted by molar-refractivity contribution is 0.0600. The van der Waals surface area contributed by atoms with Gasteiger partial charge in [-0.2, -0.15) is 0 Å². The van der Waals surface area contributed by atoms with Gasteiger partial charge in [-0.15, -0.1) is 11.3 Å². The SMILES string of the molecule is COC(=O)c1ccccc1C#Cc1c(-c2csc3ccccc23)oc2ccc(OC)cc12. The first-order valence-corrected chi connectivity index (χ1v) is 10.8. The number of hydrogen-bond acceptors (Lipinski definition) is 5. The van der Waals surface area contributed by atoms with E-state index in [1.807, 2.05) is 42.5 Å². The van der Waals surface area contributed by atoms with Crippen molar-refractivity contribution in [2.45, 2.75) is 0 Å². The quantitative estimate of drug-likeness (QED) is 0.238. The molecule has 0 spiro atoms. The highest BCUT2D eigenvalue weighted by Gasteiger charge is 2.19. The summed E-state index contributed by atoms with van der Waals surface area (Å²) in [5.41, 5.74) is 3.49. The Morgan fingerprint density at radius 3 is 2.59 bits per heavy atom. The van der Waals surface area contributed by atoms with E-state index in [0.717, 1.165) is 33.2 Å². The van der Waals surface area contributed by atoms with Crippen LogP contribution in [0.2, 0.25) is 0 Å². The molecule has 156 valence electrons. The molecule has 0 amide bonds. The maximum absolute atomic E-state index is 12.2. The molecule has 0 aliphatic rings. The molecule has 5 aromatic rings. The van der Waals surface area contributed by atoms with E-state index in [-0.39, 0.29) is 0 Å². The Morgan fingerprint density at radius 2 is 1.75 bits per heavy atom. The summed E-state index contributed by atoms with van der Waals surface area (Å²) >= 11 is 1.66. The van der Waals surface area contributed by atoms with Crippen LogP contribution in [0.5, 0.6) is 5.75 Å². The molecular weight excluding hydrogens is 420 g/mol. The lowest BCUT2D eigenvalue weighted by Gasteiger charge is -2.01. The molecule has 0 aliphatic heterocycles. The van der Waals surface area contributed by atoms with Crippen LogP contribution in [0.1, 0.15) is 21.5 Å². The highest BCUT2D eigenvalue weighted by Crippen LogP contribution is 2.40. The van der Waals surface area contributed by atoms with Crippen LogP contribution in [0.3, 0.4) is 0 Å². The zero-order valence-corrected chi connectivity index (χ0v) is 18.3. The van der Waals surface area contributed by atoms with Crippen LogP contribution in [0, 0.1) is 11.8 Å². The van der Waals surface area contributed by atoms with Gasteiger partial charge in [0, 0.05) is 32.0 Å². The molecule has 3 aromatic carbocycles. The van der Waals surface area contributed by atoms with Crippen molar-refractivity contribution in [1.82, 2.24) is 0 Å². The highest BCUT2D eigenvalue weighted by molar-refractivity contribution is 7.17. The number of furan rings is 1. The fourth-order valence-electron chi connectivity index (χ4n) is 3.68. The van der Waals surface area contributed by atoms with Gasteiger partial charge in [-0.25, -0.2) is 4.79 Å². The van der Waals surface area contributed by atoms with Crippen molar-refractivity contribution in [2.75, 3.05) is 14.2 Å². The number of benzene rings is 3. The lowest BCUT2D eigenvalue weighted by Crippen LogP contribution is -2.03. The van der Waals surface area contributed by atoms with Crippen molar-refractivity contribution in [2.24, 2.45) is 0 Å². The third-order valence-corrected chi connectivity index (χ3v) is 6.24. The van der Waals surface area contributed by atoms with E-state index in [1.165, 1.54) is 11.8 Å². The van der Waals surface area contributed by atoms with Crippen molar-refractivity contribution in [1.29, 1.82) is 0 Å². The summed E-state index contributed by atoms with van der Waals surface area (Å²) in [6.07, 6.45) is 0. The van der Waals surface area contributed by atoms with Crippen molar-refractivity contribution in [3.8, 4) is 28.9 Å². The van der Waals surface area contributed by atoms with Crippen molar-refractivity contribution in [3.05, 3.63) is 88.8 Å². The highest BCUT2D eigenvalue weighted by atomic mass is 32.1. The van der Waals surface area contributed by atoms with Crippen molar-refractivity contribution >= 4 is 38.4 Å². The fourth-order valence-corrected chi connectivity index (χ4v) is 4.62. The number of carbonyl (C=O) groups is 1. The van der Waals surface area contributed by atoms with Gasteiger partial charge in [0.1, 0.15) is 11.3 Å². The molecule has 2 aromatic heterocycles. The standard InChI is InChI=1S/C27H18O4S/c1-29-18-12-14-24-22(15-18)21(13-11-17-7-3-4-8-19(17)27(28)30-2)26(31-24)23-16-32-25-10-6-5-9-20(23)25/h3-10,12,14-16H,1-2H3. The predicted molar refractivity (Wildman–Crippen MR) is 127 cm³/mol. The Balaban J connectivity index is 1.75. The number of esters is 1. The Labute approximate surface area is 189 Å². The molecule has 32 heavy (non-hydrogen) atoms. The third-order valence-electron chi connectivity index (χ3n) is 5.28. The summed E-state index contributed by atoms with van der Waals surface area (Å²) in [4.78, 5) is 12.2. The van der Waals surface area contributed by atoms with Crippen LogP contribution in [-0.2, 0) is 4.74 Å². The molecule has 0 unspecified atom stereocenters. The second kappa shape index (κ2) is 8.26. The maximum atomic E-state index is 12.2. The van der Waals surface area contributed by atoms with E-state index in [9.17, 15) is 4.79 Å². The number of methoxy groups -OCH3 is 2. The molecule has 2 heterocycles. The molecule has 4 nitrogen and oxygen atoms in total. The van der Waals surface area contributed by atoms with E-state index in [0.29, 0.717) is 16.9 Å². The molecule has 0 N–H and O–H groups in total. The number of ether oxygens (including phenoxy) is 2. The molecule has 5 rings (SSSR count). The van der Waals surface area contributed by atoms with Gasteiger partial charge in [0.05, 0.1) is 25.3 Å². The number of thiophene rings is 1. The number of hydrogen-bond donors (Lipinski definition) is 0. The Hall–Kier alpha value is -4.01. The third kappa shape index (κ3) is 3.41. The molecular formula is C27H18O4S. The van der Waals surface area contributed by atoms with Crippen molar-refractivity contribution in [3.63, 3.8) is 0 Å². The summed E-state index contributed by atoms with van der Waals surface area (Å²) in [5.74, 6) is 7.44. The molecule has 0 saturated heterocycles. The molecule has 0 atom stereocenters. The summed E-state index contributed by atoms with van der Waals surface area (Å²) in [6.45, 7) is 0. The van der Waals surface area contributed by atoms with E-state index in [4.69, 9.17) is 13.9 Å². The monoisotopic (exact) mass is 438 g/mol. The van der Waals surface area contributed by atoms with Gasteiger partial charge in [-0.3, -0.25) is 0 Å². The van der Waals surface area contributed by atoms with Crippen LogP contribution in [-0.4, -0.2) is 20.2 Å². The normalized spacial score (nSPS) is 10.7. The number of rotatable bonds is 3. The first kappa shape index (κ1) is 19.9. The largest absolute Gasteiger partial charge is 0.497 e. The van der Waals surface area contributed by atoms with Crippen molar-refractivity contribution < 1.29 is 18.7 Å². The summed E-state index contributed by atoms with van der Waals surface area (Å²) < 4.78 is 17.8. The molecule has 0 saturated carbocycles. The fraction of sp³-hybridized carbons (Fsp3) is 0.0741. The molecule has 0 radical (unpaired) electrons. The van der Waals surface area contributed by atoms with Gasteiger partial charge in [-0.1, -0.05) is 42.2 Å². The van der Waals surface area contributed by atoms with Gasteiger partial charge in [0.15, 0.2) is 5.76 Å². The number of fused-ring (bicyclic) bond motifs is 2. The second-order valence-electron chi connectivity index (χ2n) is 7.10. The Bertz CT molecular complexity index is 1530. The summed E-state index contributed by atoms with van der Waals surface area (Å²) in [7, 11) is 2.99. The average molecular weight is 439 g/mol. The second-order valence-corrected chi connectivity index (χ2v) is 8.01. The molecule has 0 aliphatic carbocycles. The number of carbonyl (C=O) groups excluding carboxylic acids is 1. The minimum Gasteiger partial charge on any atom is -0.497 e. The van der Waals surface area contributed by atoms with Gasteiger partial charge < -0.3 is 13.9 Å². The lowest BCUT2D eigenvalue weighted by atomic mass is 10.0. The molecule has 0 bridgehead atoms. The van der Waals surface area contributed by atoms with E-state index < -0.39 is 5.97 Å². The minimum atomic E-state index is -0.419. The van der Waals surface area contributed by atoms with E-state index >= 15 is 0 Å². The molecule has 0 fully saturated rings. The van der Waals surface area contributed by atoms with Crippen LogP contribution >= 0.6 is 11.3 Å². The first-order chi connectivity index (χ1) is 15.7. The summed E-state index contributed by atoms with van der Waals surface area (Å²) in [6, 6.07) is 21.0. The molecule has 5 heteroatoms. The zero-order valence-electron chi connectivity index (χ0n) is 17.5. The first-order valence-electron chi connectivity index (χ1n) is 9.96. The minimum absolute atomic E-state index is 0.419. The maximum Gasteiger partial charge on any atom is 0.339 e. The zero-order chi connectivity index (χ0) is 22.1. The topological polar surface area (TPSA) is 48.7 Å². The predicted octanol–water partition coefficient (Wildman–Crippen LogP) is 6.51.